The molecule has 0 amide bonds. The van der Waals surface area contributed by atoms with Crippen molar-refractivity contribution in [2.45, 2.75) is 400 Å². The van der Waals surface area contributed by atoms with Gasteiger partial charge in [-0.05, 0) is 37.5 Å². The molecule has 0 heterocycles. The molecule has 552 valence electrons. The smallest absolute Gasteiger partial charge is 0.462 e. The predicted molar refractivity (Wildman–Crippen MR) is 377 cm³/mol. The highest BCUT2D eigenvalue weighted by molar-refractivity contribution is 7.47. The number of hydrogen-bond acceptors (Lipinski definition) is 15. The van der Waals surface area contributed by atoms with Crippen LogP contribution in [0.1, 0.15) is 382 Å². The van der Waals surface area contributed by atoms with Gasteiger partial charge in [-0.15, -0.1) is 0 Å². The lowest BCUT2D eigenvalue weighted by atomic mass is 10.0. The second-order valence-corrected chi connectivity index (χ2v) is 30.5. The van der Waals surface area contributed by atoms with Gasteiger partial charge in [0.05, 0.1) is 26.4 Å². The highest BCUT2D eigenvalue weighted by Crippen LogP contribution is 2.45. The molecule has 0 aliphatic heterocycles. The normalized spacial score (nSPS) is 14.1. The first-order valence-corrected chi connectivity index (χ1v) is 41.5. The van der Waals surface area contributed by atoms with Crippen molar-refractivity contribution in [3.05, 3.63) is 0 Å². The van der Waals surface area contributed by atoms with Crippen molar-refractivity contribution < 1.29 is 80.2 Å². The predicted octanol–water partition coefficient (Wildman–Crippen LogP) is 21.6. The summed E-state index contributed by atoms with van der Waals surface area (Å²) in [5, 5.41) is 10.6. The lowest BCUT2D eigenvalue weighted by Crippen LogP contribution is -2.30. The first-order valence-electron chi connectivity index (χ1n) is 38.5. The van der Waals surface area contributed by atoms with Crippen molar-refractivity contribution in [2.24, 2.45) is 11.8 Å². The number of aliphatic hydroxyl groups is 1. The van der Waals surface area contributed by atoms with Gasteiger partial charge in [0, 0.05) is 25.7 Å². The number of esters is 4. The molecule has 0 fully saturated rings. The van der Waals surface area contributed by atoms with Gasteiger partial charge >= 0.3 is 39.5 Å². The zero-order valence-corrected chi connectivity index (χ0v) is 62.3. The molecule has 0 rings (SSSR count). The van der Waals surface area contributed by atoms with Gasteiger partial charge in [-0.3, -0.25) is 37.3 Å². The minimum absolute atomic E-state index is 0.103. The molecule has 5 atom stereocenters. The van der Waals surface area contributed by atoms with Gasteiger partial charge in [-0.2, -0.15) is 0 Å². The maximum absolute atomic E-state index is 13.1. The van der Waals surface area contributed by atoms with Gasteiger partial charge in [0.1, 0.15) is 19.3 Å². The van der Waals surface area contributed by atoms with E-state index in [-0.39, 0.29) is 25.7 Å². The molecule has 0 radical (unpaired) electrons. The van der Waals surface area contributed by atoms with E-state index < -0.39 is 97.5 Å². The molecule has 0 saturated carbocycles. The van der Waals surface area contributed by atoms with E-state index in [1.807, 2.05) is 0 Å². The number of aliphatic hydroxyl groups excluding tert-OH is 1. The van der Waals surface area contributed by atoms with Gasteiger partial charge in [0.2, 0.25) is 0 Å². The molecule has 0 aromatic heterocycles. The number of phosphoric ester groups is 2. The van der Waals surface area contributed by atoms with Crippen molar-refractivity contribution in [2.75, 3.05) is 39.6 Å². The first-order chi connectivity index (χ1) is 44.9. The minimum atomic E-state index is -4.96. The quantitative estimate of drug-likeness (QED) is 0.0222. The summed E-state index contributed by atoms with van der Waals surface area (Å²) in [4.78, 5) is 72.7. The van der Waals surface area contributed by atoms with Crippen LogP contribution in [0.25, 0.3) is 0 Å². The highest BCUT2D eigenvalue weighted by atomic mass is 31.2. The first kappa shape index (κ1) is 91.1. The molecule has 0 saturated heterocycles. The monoisotopic (exact) mass is 1370 g/mol. The van der Waals surface area contributed by atoms with E-state index in [4.69, 9.17) is 37.0 Å². The Morgan fingerprint density at radius 1 is 0.290 bits per heavy atom. The fourth-order valence-electron chi connectivity index (χ4n) is 11.3. The molecule has 0 aliphatic carbocycles. The topological polar surface area (TPSA) is 237 Å². The van der Waals surface area contributed by atoms with Gasteiger partial charge in [0.25, 0.3) is 0 Å². The Balaban J connectivity index is 5.22. The molecule has 19 heteroatoms. The van der Waals surface area contributed by atoms with Crippen LogP contribution in [0.3, 0.4) is 0 Å². The molecule has 0 aromatic rings. The van der Waals surface area contributed by atoms with Crippen molar-refractivity contribution in [3.63, 3.8) is 0 Å². The lowest BCUT2D eigenvalue weighted by Gasteiger charge is -2.21. The summed E-state index contributed by atoms with van der Waals surface area (Å²) < 4.78 is 68.4. The van der Waals surface area contributed by atoms with Gasteiger partial charge < -0.3 is 33.8 Å². The van der Waals surface area contributed by atoms with Crippen LogP contribution in [0.15, 0.2) is 0 Å². The van der Waals surface area contributed by atoms with E-state index in [1.54, 1.807) is 0 Å². The number of unbranched alkanes of at least 4 members (excludes halogenated alkanes) is 43. The standard InChI is InChI=1S/C74H144O17P2/c1-7-9-11-13-15-17-19-21-23-24-25-27-29-31-33-39-46-52-58-73(78)90-69(62-84-71(76)56-50-44-38-32-30-28-26-22-20-18-16-14-12-10-8-2)64-88-92(80,81)86-60-68(75)61-87-93(82,83)89-65-70(91-74(79)59-53-47-41-35-37-43-49-55-67(5)6)63-85-72(77)57-51-45-40-34-36-42-48-54-66(3)4/h66-70,75H,7-65H2,1-6H3,(H,80,81)(H,82,83)/t68-,69-,70-/m1/s1. The third-order valence-electron chi connectivity index (χ3n) is 17.2. The fraction of sp³-hybridized carbons (Fsp3) is 0.946. The Kier molecular flexibility index (Phi) is 64.6. The Bertz CT molecular complexity index is 1800. The Hall–Kier alpha value is -1.94. The van der Waals surface area contributed by atoms with Crippen LogP contribution in [0.4, 0.5) is 0 Å². The summed E-state index contributed by atoms with van der Waals surface area (Å²) in [5.41, 5.74) is 0. The van der Waals surface area contributed by atoms with E-state index in [9.17, 15) is 43.2 Å². The summed E-state index contributed by atoms with van der Waals surface area (Å²) in [7, 11) is -9.91. The molecule has 3 N–H and O–H groups in total. The molecular formula is C74H144O17P2. The van der Waals surface area contributed by atoms with Crippen LogP contribution in [-0.4, -0.2) is 96.7 Å². The Labute approximate surface area is 568 Å². The summed E-state index contributed by atoms with van der Waals surface area (Å²) >= 11 is 0. The van der Waals surface area contributed by atoms with Crippen molar-refractivity contribution in [1.29, 1.82) is 0 Å². The average Bonchev–Trinajstić information content (AvgIpc) is 2.43. The van der Waals surface area contributed by atoms with Crippen LogP contribution >= 0.6 is 15.6 Å². The fourth-order valence-corrected chi connectivity index (χ4v) is 12.9. The Morgan fingerprint density at radius 2 is 0.495 bits per heavy atom. The summed E-state index contributed by atoms with van der Waals surface area (Å²) in [6, 6.07) is 0. The maximum Gasteiger partial charge on any atom is 0.472 e. The molecule has 93 heavy (non-hydrogen) atoms. The number of rotatable bonds is 73. The molecule has 0 aromatic carbocycles. The van der Waals surface area contributed by atoms with Crippen molar-refractivity contribution in [1.82, 2.24) is 0 Å². The number of carbonyl (C=O) groups excluding carboxylic acids is 4. The Morgan fingerprint density at radius 3 is 0.731 bits per heavy atom. The van der Waals surface area contributed by atoms with Gasteiger partial charge in [-0.25, -0.2) is 9.13 Å². The van der Waals surface area contributed by atoms with E-state index in [0.717, 1.165) is 96.3 Å². The van der Waals surface area contributed by atoms with Crippen LogP contribution in [-0.2, 0) is 65.4 Å². The van der Waals surface area contributed by atoms with Crippen LogP contribution in [0.5, 0.6) is 0 Å². The zero-order chi connectivity index (χ0) is 68.6. The molecule has 0 aliphatic rings. The third-order valence-corrected chi connectivity index (χ3v) is 19.1. The van der Waals surface area contributed by atoms with Crippen molar-refractivity contribution in [3.8, 4) is 0 Å². The van der Waals surface area contributed by atoms with Crippen molar-refractivity contribution >= 4 is 39.5 Å². The molecular weight excluding hydrogens is 1220 g/mol. The summed E-state index contributed by atoms with van der Waals surface area (Å²) in [6.07, 6.45) is 52.9. The largest absolute Gasteiger partial charge is 0.472 e. The second kappa shape index (κ2) is 66.0. The molecule has 17 nitrogen and oxygen atoms in total. The van der Waals surface area contributed by atoms with Gasteiger partial charge in [-0.1, -0.05) is 330 Å². The maximum atomic E-state index is 13.1. The number of carbonyl (C=O) groups is 4. The highest BCUT2D eigenvalue weighted by Gasteiger charge is 2.30. The van der Waals surface area contributed by atoms with Crippen LogP contribution in [0, 0.1) is 11.8 Å². The lowest BCUT2D eigenvalue weighted by molar-refractivity contribution is -0.161. The minimum Gasteiger partial charge on any atom is -0.462 e. The van der Waals surface area contributed by atoms with E-state index >= 15 is 0 Å². The number of hydrogen-bond donors (Lipinski definition) is 3. The van der Waals surface area contributed by atoms with Crippen LogP contribution < -0.4 is 0 Å². The summed E-state index contributed by atoms with van der Waals surface area (Å²) in [6.45, 7) is 9.46. The van der Waals surface area contributed by atoms with Gasteiger partial charge in [0.15, 0.2) is 12.2 Å². The molecule has 0 bridgehead atoms. The number of ether oxygens (including phenoxy) is 4. The zero-order valence-electron chi connectivity index (χ0n) is 60.6. The average molecular weight is 1370 g/mol. The van der Waals surface area contributed by atoms with E-state index in [0.29, 0.717) is 37.5 Å². The number of phosphoric acid groups is 2. The third kappa shape index (κ3) is 68.4. The SMILES string of the molecule is CCCCCCCCCCCCCCCCCCCCC(=O)O[C@H](COC(=O)CCCCCCCCCCCCCCCCC)COP(=O)(O)OC[C@@H](O)COP(=O)(O)OC[C@@H](COC(=O)CCCCCCCCCC(C)C)OC(=O)CCCCCCCCCC(C)C. The summed E-state index contributed by atoms with van der Waals surface area (Å²) in [5.74, 6) is -0.720. The van der Waals surface area contributed by atoms with E-state index in [2.05, 4.69) is 41.5 Å². The van der Waals surface area contributed by atoms with E-state index in [1.165, 1.54) is 193 Å². The second-order valence-electron chi connectivity index (χ2n) is 27.6. The molecule has 2 unspecified atom stereocenters. The molecule has 0 spiro atoms. The van der Waals surface area contributed by atoms with Crippen LogP contribution in [0.2, 0.25) is 0 Å².